The first-order valence-corrected chi connectivity index (χ1v) is 24.3. The van der Waals surface area contributed by atoms with Gasteiger partial charge in [0.05, 0.1) is 27.5 Å². The third-order valence-corrected chi connectivity index (χ3v) is 14.4. The highest BCUT2D eigenvalue weighted by Gasteiger charge is 2.33. The lowest BCUT2D eigenvalue weighted by molar-refractivity contribution is -0.157. The molecule has 2 atom stereocenters. The van der Waals surface area contributed by atoms with Gasteiger partial charge in [0.2, 0.25) is 0 Å². The Morgan fingerprint density at radius 2 is 0.942 bits per heavy atom. The van der Waals surface area contributed by atoms with Crippen molar-refractivity contribution in [2.75, 3.05) is 4.90 Å². The number of benzene rings is 9. The molecule has 69 heavy (non-hydrogen) atoms. The van der Waals surface area contributed by atoms with Crippen LogP contribution < -0.4 is 4.90 Å². The van der Waals surface area contributed by atoms with E-state index in [9.17, 15) is 4.79 Å². The van der Waals surface area contributed by atoms with Crippen LogP contribution in [0.4, 0.5) is 17.1 Å². The smallest absolute Gasteiger partial charge is 0.312 e. The maximum atomic E-state index is 13.9. The van der Waals surface area contributed by atoms with E-state index in [1.165, 1.54) is 38.3 Å². The number of ether oxygens (including phenoxy) is 1. The monoisotopic (exact) mass is 897 g/mol. The fourth-order valence-electron chi connectivity index (χ4n) is 10.2. The van der Waals surface area contributed by atoms with Crippen molar-refractivity contribution in [3.8, 4) is 22.5 Å². The van der Waals surface area contributed by atoms with Gasteiger partial charge in [-0.1, -0.05) is 147 Å². The molecule has 2 heterocycles. The number of hydrogen-bond donors (Lipinski definition) is 0. The number of nitrogens with zero attached hydrogens (tertiary/aromatic N) is 3. The van der Waals surface area contributed by atoms with Gasteiger partial charge in [-0.25, -0.2) is 0 Å². The highest BCUT2D eigenvalue weighted by atomic mass is 16.5. The summed E-state index contributed by atoms with van der Waals surface area (Å²) in [7, 11) is 0. The number of aromatic nitrogens is 2. The van der Waals surface area contributed by atoms with E-state index in [2.05, 4.69) is 247 Å². The van der Waals surface area contributed by atoms with Crippen molar-refractivity contribution in [1.82, 2.24) is 9.13 Å². The predicted molar refractivity (Wildman–Crippen MR) is 288 cm³/mol. The summed E-state index contributed by atoms with van der Waals surface area (Å²) in [5.74, 6) is 0.137. The average molecular weight is 898 g/mol. The van der Waals surface area contributed by atoms with Crippen LogP contribution in [0.25, 0.3) is 66.1 Å². The van der Waals surface area contributed by atoms with Crippen molar-refractivity contribution < 1.29 is 9.53 Å². The predicted octanol–water partition coefficient (Wildman–Crippen LogP) is 17.1. The molecule has 0 radical (unpaired) electrons. The van der Waals surface area contributed by atoms with E-state index in [1.807, 2.05) is 12.1 Å². The number of carbonyl (C=O) groups excluding carboxylic acids is 1. The third-order valence-electron chi connectivity index (χ3n) is 14.4. The van der Waals surface area contributed by atoms with Gasteiger partial charge >= 0.3 is 5.97 Å². The fourth-order valence-corrected chi connectivity index (χ4v) is 10.2. The van der Waals surface area contributed by atoms with Crippen LogP contribution in [0.1, 0.15) is 57.1 Å². The van der Waals surface area contributed by atoms with Gasteiger partial charge in [-0.15, -0.1) is 0 Å². The average Bonchev–Trinajstić information content (AvgIpc) is 3.93. The number of hydrogen-bond acceptors (Lipinski definition) is 3. The van der Waals surface area contributed by atoms with Crippen LogP contribution >= 0.6 is 0 Å². The van der Waals surface area contributed by atoms with Crippen LogP contribution in [0.15, 0.2) is 224 Å². The van der Waals surface area contributed by atoms with E-state index < -0.39 is 5.41 Å². The number of carbonyl (C=O) groups is 1. The van der Waals surface area contributed by atoms with E-state index in [4.69, 9.17) is 4.74 Å². The summed E-state index contributed by atoms with van der Waals surface area (Å²) in [5, 5.41) is 4.83. The van der Waals surface area contributed by atoms with E-state index in [0.29, 0.717) is 6.42 Å². The molecule has 0 aliphatic rings. The lowest BCUT2D eigenvalue weighted by Gasteiger charge is -2.28. The molecule has 0 fully saturated rings. The normalized spacial score (nSPS) is 12.9. The largest absolute Gasteiger partial charge is 0.460 e. The molecule has 5 nitrogen and oxygen atoms in total. The Morgan fingerprint density at radius 3 is 1.43 bits per heavy atom. The lowest BCUT2D eigenvalue weighted by Crippen LogP contribution is -2.29. The Labute approximate surface area is 404 Å². The topological polar surface area (TPSA) is 39.4 Å². The van der Waals surface area contributed by atoms with Gasteiger partial charge in [0.15, 0.2) is 0 Å². The van der Waals surface area contributed by atoms with Gasteiger partial charge in [-0.3, -0.25) is 4.79 Å². The summed E-state index contributed by atoms with van der Waals surface area (Å²) in [5.41, 5.74) is 14.2. The van der Waals surface area contributed by atoms with E-state index in [1.54, 1.807) is 0 Å². The number of fused-ring (bicyclic) bond motifs is 6. The van der Waals surface area contributed by atoms with Crippen LogP contribution in [0.3, 0.4) is 0 Å². The SMILES string of the molecule is CCC(C)(CCC(C)c1ccc(N(c2ccccc2)c2ccccc2)cc1)C(=O)OCc1ccc2c(c1)c1ccccc1n2-c1ccc(-c2ccc(-n3c4ccccc4c4ccccc43)cc2)cc1. The quantitative estimate of drug-likeness (QED) is 0.102. The van der Waals surface area contributed by atoms with E-state index in [-0.39, 0.29) is 18.5 Å². The number of para-hydroxylation sites is 5. The minimum Gasteiger partial charge on any atom is -0.460 e. The Kier molecular flexibility index (Phi) is 11.6. The van der Waals surface area contributed by atoms with Crippen molar-refractivity contribution in [1.29, 1.82) is 0 Å². The molecule has 0 bridgehead atoms. The van der Waals surface area contributed by atoms with E-state index >= 15 is 0 Å². The van der Waals surface area contributed by atoms with Gasteiger partial charge in [-0.2, -0.15) is 0 Å². The second-order valence-electron chi connectivity index (χ2n) is 18.7. The maximum absolute atomic E-state index is 13.9. The van der Waals surface area contributed by atoms with Crippen LogP contribution in [-0.2, 0) is 16.1 Å². The molecule has 338 valence electrons. The minimum absolute atomic E-state index is 0.141. The Bertz CT molecular complexity index is 3480. The molecule has 0 amide bonds. The lowest BCUT2D eigenvalue weighted by atomic mass is 9.79. The van der Waals surface area contributed by atoms with Crippen molar-refractivity contribution in [2.45, 2.75) is 52.6 Å². The van der Waals surface area contributed by atoms with Crippen LogP contribution in [0, 0.1) is 5.41 Å². The molecule has 0 saturated carbocycles. The number of esters is 1. The molecular weight excluding hydrogens is 843 g/mol. The van der Waals surface area contributed by atoms with Gasteiger partial charge < -0.3 is 18.8 Å². The zero-order valence-corrected chi connectivity index (χ0v) is 39.4. The highest BCUT2D eigenvalue weighted by molar-refractivity contribution is 6.10. The summed E-state index contributed by atoms with van der Waals surface area (Å²) >= 11 is 0. The highest BCUT2D eigenvalue weighted by Crippen LogP contribution is 2.39. The Morgan fingerprint density at radius 1 is 0.507 bits per heavy atom. The summed E-state index contributed by atoms with van der Waals surface area (Å²) in [6.07, 6.45) is 2.33. The molecule has 0 aliphatic heterocycles. The zero-order valence-electron chi connectivity index (χ0n) is 39.4. The summed E-state index contributed by atoms with van der Waals surface area (Å²) in [6, 6.07) is 79.9. The molecule has 2 aromatic heterocycles. The molecule has 2 unspecified atom stereocenters. The molecule has 11 rings (SSSR count). The third kappa shape index (κ3) is 8.25. The first-order valence-electron chi connectivity index (χ1n) is 24.3. The standard InChI is InChI=1S/C64H55N3O2/c1-4-64(3,42-41-45(2)47-28-34-52(35-29-47)65(50-17-7-5-8-18-50)51-19-9-6-10-20-51)63(68)69-44-46-27-40-62-58(43-46)57-23-13-16-26-61(57)67(62)54-38-32-49(33-39-54)48-30-36-53(37-31-48)66-59-24-14-11-21-55(59)56-22-12-15-25-60(56)66/h5-40,43,45H,4,41-42,44H2,1-3H3. The van der Waals surface area contributed by atoms with Crippen molar-refractivity contribution in [3.63, 3.8) is 0 Å². The van der Waals surface area contributed by atoms with E-state index in [0.717, 1.165) is 68.8 Å². The Balaban J connectivity index is 0.771. The van der Waals surface area contributed by atoms with Crippen LogP contribution in [-0.4, -0.2) is 15.1 Å². The van der Waals surface area contributed by atoms with Crippen molar-refractivity contribution >= 4 is 66.6 Å². The minimum atomic E-state index is -0.591. The maximum Gasteiger partial charge on any atom is 0.312 e. The summed E-state index contributed by atoms with van der Waals surface area (Å²) in [6.45, 7) is 6.64. The van der Waals surface area contributed by atoms with Crippen LogP contribution in [0.2, 0.25) is 0 Å². The van der Waals surface area contributed by atoms with Gasteiger partial charge in [0.1, 0.15) is 6.61 Å². The zero-order chi connectivity index (χ0) is 46.9. The van der Waals surface area contributed by atoms with Crippen LogP contribution in [0.5, 0.6) is 0 Å². The molecule has 0 aliphatic carbocycles. The first-order chi connectivity index (χ1) is 33.9. The fraction of sp³-hybridized carbons (Fsp3) is 0.141. The molecule has 0 spiro atoms. The molecule has 9 aromatic carbocycles. The molecule has 11 aromatic rings. The van der Waals surface area contributed by atoms with Gasteiger partial charge in [-0.05, 0) is 145 Å². The summed E-state index contributed by atoms with van der Waals surface area (Å²) < 4.78 is 10.9. The summed E-state index contributed by atoms with van der Waals surface area (Å²) in [4.78, 5) is 16.2. The van der Waals surface area contributed by atoms with Crippen molar-refractivity contribution in [2.24, 2.45) is 5.41 Å². The van der Waals surface area contributed by atoms with Crippen molar-refractivity contribution in [3.05, 3.63) is 236 Å². The first kappa shape index (κ1) is 43.4. The molecule has 0 N–H and O–H groups in total. The Hall–Kier alpha value is -8.15. The molecule has 0 saturated heterocycles. The number of anilines is 3. The van der Waals surface area contributed by atoms with Gasteiger partial charge in [0, 0.05) is 50.0 Å². The molecular formula is C64H55N3O2. The van der Waals surface area contributed by atoms with Gasteiger partial charge in [0.25, 0.3) is 0 Å². The second kappa shape index (κ2) is 18.5. The second-order valence-corrected chi connectivity index (χ2v) is 18.7. The number of rotatable bonds is 14. The molecule has 5 heteroatoms.